The van der Waals surface area contributed by atoms with E-state index in [0.717, 1.165) is 21.8 Å². The topological polar surface area (TPSA) is 62.5 Å². The Hall–Kier alpha value is -2.38. The lowest BCUT2D eigenvalue weighted by Crippen LogP contribution is -2.36. The number of fused-ring (bicyclic) bond motifs is 3. The van der Waals surface area contributed by atoms with Gasteiger partial charge in [-0.1, -0.05) is 48.0 Å². The Bertz CT molecular complexity index is 1210. The predicted molar refractivity (Wildman–Crippen MR) is 117 cm³/mol. The minimum Gasteiger partial charge on any atom is -0.390 e. The fourth-order valence-corrected chi connectivity index (χ4v) is 4.98. The maximum absolute atomic E-state index is 12.8. The molecule has 0 amide bonds. The molecule has 0 saturated heterocycles. The van der Waals surface area contributed by atoms with Crippen LogP contribution in [0, 0.1) is 0 Å². The van der Waals surface area contributed by atoms with Crippen molar-refractivity contribution in [1.29, 1.82) is 0 Å². The van der Waals surface area contributed by atoms with E-state index in [1.165, 1.54) is 35.6 Å². The standard InChI is InChI=1S/C22H21ClN2O3S/c1-24(29(27,28)18-12-10-16(23)11-13-18)14-17(26)15-25-21-8-4-2-6-19(21)20-7-3-5-9-22(20)25/h2-13,17,26H,14-15H2,1H3/t17-/m0/s1. The molecule has 4 rings (SSSR count). The van der Waals surface area contributed by atoms with Gasteiger partial charge in [0.05, 0.1) is 17.5 Å². The van der Waals surface area contributed by atoms with Crippen LogP contribution in [0.3, 0.4) is 0 Å². The molecule has 150 valence electrons. The summed E-state index contributed by atoms with van der Waals surface area (Å²) in [5, 5.41) is 13.4. The molecule has 7 heteroatoms. The van der Waals surface area contributed by atoms with Gasteiger partial charge in [-0.15, -0.1) is 0 Å². The Balaban J connectivity index is 1.60. The van der Waals surface area contributed by atoms with Crippen LogP contribution in [0.2, 0.25) is 5.02 Å². The number of rotatable bonds is 6. The number of hydrogen-bond acceptors (Lipinski definition) is 3. The second-order valence-corrected chi connectivity index (χ2v) is 9.52. The summed E-state index contributed by atoms with van der Waals surface area (Å²) in [7, 11) is -2.24. The highest BCUT2D eigenvalue weighted by Gasteiger charge is 2.24. The predicted octanol–water partition coefficient (Wildman–Crippen LogP) is 4.13. The maximum atomic E-state index is 12.8. The third-order valence-corrected chi connectivity index (χ3v) is 7.15. The van der Waals surface area contributed by atoms with Gasteiger partial charge in [-0.25, -0.2) is 8.42 Å². The molecule has 0 saturated carbocycles. The molecule has 1 aromatic heterocycles. The lowest BCUT2D eigenvalue weighted by molar-refractivity contribution is 0.136. The Morgan fingerprint density at radius 3 is 2.00 bits per heavy atom. The minimum absolute atomic E-state index is 0.0220. The van der Waals surface area contributed by atoms with E-state index in [4.69, 9.17) is 11.6 Å². The molecule has 3 aromatic carbocycles. The number of aliphatic hydroxyl groups excluding tert-OH is 1. The third-order valence-electron chi connectivity index (χ3n) is 5.06. The van der Waals surface area contributed by atoms with Gasteiger partial charge in [0.15, 0.2) is 0 Å². The Morgan fingerprint density at radius 2 is 1.45 bits per heavy atom. The lowest BCUT2D eigenvalue weighted by Gasteiger charge is -2.21. The summed E-state index contributed by atoms with van der Waals surface area (Å²) in [6.45, 7) is 0.264. The van der Waals surface area contributed by atoms with E-state index >= 15 is 0 Å². The normalized spacial score (nSPS) is 13.4. The van der Waals surface area contributed by atoms with Gasteiger partial charge in [0.2, 0.25) is 10.0 Å². The number of nitrogens with zero attached hydrogens (tertiary/aromatic N) is 2. The van der Waals surface area contributed by atoms with Gasteiger partial charge >= 0.3 is 0 Å². The van der Waals surface area contributed by atoms with Crippen molar-refractivity contribution in [3.8, 4) is 0 Å². The van der Waals surface area contributed by atoms with Crippen LogP contribution in [0.1, 0.15) is 0 Å². The lowest BCUT2D eigenvalue weighted by atomic mass is 10.2. The van der Waals surface area contributed by atoms with Crippen molar-refractivity contribution in [1.82, 2.24) is 8.87 Å². The van der Waals surface area contributed by atoms with Gasteiger partial charge in [0.25, 0.3) is 0 Å². The number of para-hydroxylation sites is 2. The van der Waals surface area contributed by atoms with E-state index in [-0.39, 0.29) is 18.0 Å². The second kappa shape index (κ2) is 7.80. The van der Waals surface area contributed by atoms with Crippen molar-refractivity contribution in [2.24, 2.45) is 0 Å². The average molecular weight is 429 g/mol. The summed E-state index contributed by atoms with van der Waals surface area (Å²) in [5.41, 5.74) is 2.02. The first kappa shape index (κ1) is 19.9. The number of aliphatic hydroxyl groups is 1. The maximum Gasteiger partial charge on any atom is 0.242 e. The largest absolute Gasteiger partial charge is 0.390 e. The Labute approximate surface area is 174 Å². The van der Waals surface area contributed by atoms with Crippen molar-refractivity contribution in [2.45, 2.75) is 17.5 Å². The van der Waals surface area contributed by atoms with Gasteiger partial charge in [-0.05, 0) is 36.4 Å². The van der Waals surface area contributed by atoms with Crippen LogP contribution >= 0.6 is 11.6 Å². The SMILES string of the molecule is CN(C[C@H](O)Cn1c2ccccc2c2ccccc21)S(=O)(=O)c1ccc(Cl)cc1. The molecule has 4 aromatic rings. The molecule has 1 heterocycles. The summed E-state index contributed by atoms with van der Waals surface area (Å²) in [5.74, 6) is 0. The molecule has 0 unspecified atom stereocenters. The van der Waals surface area contributed by atoms with Gasteiger partial charge in [0.1, 0.15) is 0 Å². The minimum atomic E-state index is -3.71. The van der Waals surface area contributed by atoms with Crippen LogP contribution in [0.15, 0.2) is 77.7 Å². The molecule has 5 nitrogen and oxygen atoms in total. The average Bonchev–Trinajstić information content (AvgIpc) is 3.02. The summed E-state index contributed by atoms with van der Waals surface area (Å²) >= 11 is 5.85. The zero-order valence-electron chi connectivity index (χ0n) is 15.9. The van der Waals surface area contributed by atoms with E-state index in [1.807, 2.05) is 41.0 Å². The van der Waals surface area contributed by atoms with Crippen LogP contribution in [0.4, 0.5) is 0 Å². The number of benzene rings is 3. The molecule has 1 atom stereocenters. The third kappa shape index (κ3) is 3.76. The smallest absolute Gasteiger partial charge is 0.242 e. The highest BCUT2D eigenvalue weighted by Crippen LogP contribution is 2.29. The zero-order chi connectivity index (χ0) is 20.6. The van der Waals surface area contributed by atoms with Crippen LogP contribution < -0.4 is 0 Å². The fourth-order valence-electron chi connectivity index (χ4n) is 3.65. The molecule has 0 aliphatic rings. The van der Waals surface area contributed by atoms with E-state index in [2.05, 4.69) is 12.1 Å². The number of halogens is 1. The van der Waals surface area contributed by atoms with E-state index < -0.39 is 16.1 Å². The highest BCUT2D eigenvalue weighted by atomic mass is 35.5. The first-order valence-corrected chi connectivity index (χ1v) is 11.1. The molecule has 1 N–H and O–H groups in total. The van der Waals surface area contributed by atoms with Gasteiger partial charge in [-0.3, -0.25) is 0 Å². The monoisotopic (exact) mass is 428 g/mol. The van der Waals surface area contributed by atoms with Crippen LogP contribution in [-0.4, -0.2) is 42.1 Å². The highest BCUT2D eigenvalue weighted by molar-refractivity contribution is 7.89. The second-order valence-electron chi connectivity index (χ2n) is 7.04. The number of sulfonamides is 1. The summed E-state index contributed by atoms with van der Waals surface area (Å²) < 4.78 is 28.8. The first-order valence-electron chi connectivity index (χ1n) is 9.24. The fraction of sp³-hybridized carbons (Fsp3) is 0.182. The molecule has 29 heavy (non-hydrogen) atoms. The molecular formula is C22H21ClN2O3S. The molecule has 0 aliphatic carbocycles. The van der Waals surface area contributed by atoms with Crippen molar-refractivity contribution in [3.05, 3.63) is 77.8 Å². The van der Waals surface area contributed by atoms with Gasteiger partial charge in [0, 0.05) is 40.4 Å². The molecule has 0 bridgehead atoms. The molecule has 0 aliphatic heterocycles. The van der Waals surface area contributed by atoms with Gasteiger partial charge < -0.3 is 9.67 Å². The van der Waals surface area contributed by atoms with Crippen molar-refractivity contribution >= 4 is 43.4 Å². The number of likely N-dealkylation sites (N-methyl/N-ethyl adjacent to an activating group) is 1. The molecular weight excluding hydrogens is 408 g/mol. The van der Waals surface area contributed by atoms with Crippen LogP contribution in [-0.2, 0) is 16.6 Å². The number of aromatic nitrogens is 1. The number of hydrogen-bond donors (Lipinski definition) is 1. The van der Waals surface area contributed by atoms with Crippen molar-refractivity contribution in [3.63, 3.8) is 0 Å². The van der Waals surface area contributed by atoms with Crippen molar-refractivity contribution < 1.29 is 13.5 Å². The molecule has 0 spiro atoms. The summed E-state index contributed by atoms with van der Waals surface area (Å²) in [4.78, 5) is 0.147. The van der Waals surface area contributed by atoms with Crippen LogP contribution in [0.25, 0.3) is 21.8 Å². The van der Waals surface area contributed by atoms with E-state index in [9.17, 15) is 13.5 Å². The van der Waals surface area contributed by atoms with Crippen LogP contribution in [0.5, 0.6) is 0 Å². The Kier molecular flexibility index (Phi) is 5.36. The Morgan fingerprint density at radius 1 is 0.931 bits per heavy atom. The van der Waals surface area contributed by atoms with Gasteiger partial charge in [-0.2, -0.15) is 4.31 Å². The first-order chi connectivity index (χ1) is 13.9. The zero-order valence-corrected chi connectivity index (χ0v) is 17.4. The summed E-state index contributed by atoms with van der Waals surface area (Å²) in [6.07, 6.45) is -0.874. The van der Waals surface area contributed by atoms with E-state index in [0.29, 0.717) is 5.02 Å². The molecule has 0 radical (unpaired) electrons. The quantitative estimate of drug-likeness (QED) is 0.502. The van der Waals surface area contributed by atoms with E-state index in [1.54, 1.807) is 0 Å². The summed E-state index contributed by atoms with van der Waals surface area (Å²) in [6, 6.07) is 22.0. The molecule has 0 fully saturated rings. The van der Waals surface area contributed by atoms with Crippen molar-refractivity contribution in [2.75, 3.05) is 13.6 Å².